The molecule has 1 aromatic carbocycles. The van der Waals surface area contributed by atoms with E-state index < -0.39 is 36.6 Å². The normalized spacial score (nSPS) is 18.6. The number of rotatable bonds is 7. The lowest BCUT2D eigenvalue weighted by atomic mass is 9.78. The maximum atomic E-state index is 14.7. The van der Waals surface area contributed by atoms with Gasteiger partial charge in [-0.3, -0.25) is 4.79 Å². The molecule has 9 nitrogen and oxygen atoms in total. The van der Waals surface area contributed by atoms with Gasteiger partial charge in [0.1, 0.15) is 5.75 Å². The summed E-state index contributed by atoms with van der Waals surface area (Å²) in [5.41, 5.74) is -2.96. The summed E-state index contributed by atoms with van der Waals surface area (Å²) >= 11 is 0. The number of benzene rings is 1. The molecule has 4 rings (SSSR count). The number of hydrogen-bond acceptors (Lipinski definition) is 7. The molecule has 0 bridgehead atoms. The molecule has 0 unspecified atom stereocenters. The molecule has 1 aliphatic rings. The second-order valence-electron chi connectivity index (χ2n) is 8.30. The van der Waals surface area contributed by atoms with Crippen molar-refractivity contribution in [2.75, 3.05) is 6.61 Å². The highest BCUT2D eigenvalue weighted by molar-refractivity contribution is 6.27. The summed E-state index contributed by atoms with van der Waals surface area (Å²) in [5.74, 6) is -1.37. The van der Waals surface area contributed by atoms with Crippen LogP contribution in [0.4, 0.5) is 26.3 Å². The average Bonchev–Trinajstić information content (AvgIpc) is 3.35. The lowest BCUT2D eigenvalue weighted by molar-refractivity contribution is -0.201. The van der Waals surface area contributed by atoms with Crippen LogP contribution in [0.3, 0.4) is 0 Å². The van der Waals surface area contributed by atoms with Crippen LogP contribution in [0.25, 0.3) is 11.1 Å². The number of carbonyl (C=O) groups is 1. The van der Waals surface area contributed by atoms with Crippen LogP contribution in [0.2, 0.25) is 0 Å². The lowest BCUT2D eigenvalue weighted by Crippen LogP contribution is -2.58. The smallest absolute Gasteiger partial charge is 0.416 e. The first kappa shape index (κ1) is 26.0. The summed E-state index contributed by atoms with van der Waals surface area (Å²) < 4.78 is 86.1. The molecule has 0 saturated heterocycles. The molecule has 37 heavy (non-hydrogen) atoms. The summed E-state index contributed by atoms with van der Waals surface area (Å²) in [5, 5.41) is 15.1. The Morgan fingerprint density at radius 3 is 2.27 bits per heavy atom. The number of amides is 1. The maximum Gasteiger partial charge on any atom is 0.416 e. The number of ether oxygens (including phenoxy) is 1. The van der Waals surface area contributed by atoms with E-state index in [-0.39, 0.29) is 47.1 Å². The van der Waals surface area contributed by atoms with Gasteiger partial charge in [0.25, 0.3) is 5.91 Å². The number of aromatic nitrogens is 6. The van der Waals surface area contributed by atoms with E-state index in [1.807, 2.05) is 0 Å². The van der Waals surface area contributed by atoms with E-state index in [2.05, 4.69) is 35.9 Å². The minimum Gasteiger partial charge on any atom is -0.494 e. The third kappa shape index (κ3) is 5.54. The van der Waals surface area contributed by atoms with E-state index in [0.29, 0.717) is 5.56 Å². The zero-order valence-corrected chi connectivity index (χ0v) is 19.1. The molecular weight excluding hydrogens is 508 g/mol. The van der Waals surface area contributed by atoms with E-state index in [0.717, 1.165) is 12.1 Å². The summed E-state index contributed by atoms with van der Waals surface area (Å²) in [7, 11) is 0. The Morgan fingerprint density at radius 1 is 1.03 bits per heavy atom. The van der Waals surface area contributed by atoms with Gasteiger partial charge < -0.3 is 10.1 Å². The first-order valence-electron chi connectivity index (χ1n) is 10.8. The van der Waals surface area contributed by atoms with Crippen LogP contribution in [-0.4, -0.2) is 55.5 Å². The Morgan fingerprint density at radius 2 is 1.70 bits per heavy atom. The van der Waals surface area contributed by atoms with E-state index in [4.69, 9.17) is 4.74 Å². The molecule has 2 N–H and O–H groups in total. The van der Waals surface area contributed by atoms with Gasteiger partial charge in [-0.15, -0.1) is 10.2 Å². The minimum atomic E-state index is -4.98. The molecule has 15 heteroatoms. The number of aryl methyl sites for hydroxylation is 1. The minimum absolute atomic E-state index is 0.0792. The molecule has 0 saturated carbocycles. The summed E-state index contributed by atoms with van der Waals surface area (Å²) in [4.78, 5) is 21.4. The van der Waals surface area contributed by atoms with Crippen molar-refractivity contribution >= 4 is 17.1 Å². The highest BCUT2D eigenvalue weighted by Gasteiger charge is 2.60. The zero-order chi connectivity index (χ0) is 26.8. The van der Waals surface area contributed by atoms with Crippen LogP contribution in [0.1, 0.15) is 42.0 Å². The number of nitrogens with one attached hydrogen (secondary N) is 2. The Balaban J connectivity index is 1.71. The van der Waals surface area contributed by atoms with Crippen LogP contribution in [-0.2, 0) is 10.3 Å². The molecule has 0 spiro atoms. The first-order valence-corrected chi connectivity index (χ1v) is 10.8. The van der Waals surface area contributed by atoms with Crippen LogP contribution >= 0.6 is 0 Å². The number of hydrogen-bond donors (Lipinski definition) is 2. The first-order chi connectivity index (χ1) is 17.4. The monoisotopic (exact) mass is 527 g/mol. The second kappa shape index (κ2) is 9.78. The molecule has 1 amide bonds. The quantitative estimate of drug-likeness (QED) is 0.353. The van der Waals surface area contributed by atoms with Crippen LogP contribution < -0.4 is 10.1 Å². The standard InChI is InChI=1S/C22H19F6N7O2/c1-12-10-29-17(30-11-12)15-9-20(22(26,27)28,31-19(36)16(15)18-32-34-35-33-18)13-3-5-14(6-4-13)37-8-2-7-21(23,24)25/h3-6,10-11H,2,7-9H2,1H3,(H,31,36)(H,32,33,34,35)/t20-/m0/s1. The number of tetrazole rings is 1. The Labute approximate surface area is 205 Å². The van der Waals surface area contributed by atoms with Crippen molar-refractivity contribution in [1.82, 2.24) is 35.9 Å². The Bertz CT molecular complexity index is 1270. The van der Waals surface area contributed by atoms with Crippen LogP contribution in [0.5, 0.6) is 5.75 Å². The van der Waals surface area contributed by atoms with Gasteiger partial charge in [0.05, 0.1) is 12.2 Å². The number of halogens is 6. The Kier molecular flexibility index (Phi) is 6.88. The topological polar surface area (TPSA) is 119 Å². The maximum absolute atomic E-state index is 14.7. The van der Waals surface area contributed by atoms with Gasteiger partial charge in [-0.1, -0.05) is 12.1 Å². The highest BCUT2D eigenvalue weighted by atomic mass is 19.4. The summed E-state index contributed by atoms with van der Waals surface area (Å²) in [6.45, 7) is 1.42. The van der Waals surface area contributed by atoms with E-state index >= 15 is 0 Å². The van der Waals surface area contributed by atoms with Crippen molar-refractivity contribution in [1.29, 1.82) is 0 Å². The number of H-pyrrole nitrogens is 1. The molecule has 0 aliphatic carbocycles. The van der Waals surface area contributed by atoms with Gasteiger partial charge in [0, 0.05) is 30.8 Å². The van der Waals surface area contributed by atoms with Gasteiger partial charge in [0.2, 0.25) is 5.82 Å². The second-order valence-corrected chi connectivity index (χ2v) is 8.30. The zero-order valence-electron chi connectivity index (χ0n) is 19.1. The third-order valence-electron chi connectivity index (χ3n) is 5.62. The molecule has 3 heterocycles. The predicted octanol–water partition coefficient (Wildman–Crippen LogP) is 3.91. The van der Waals surface area contributed by atoms with Crippen molar-refractivity contribution in [3.8, 4) is 5.75 Å². The average molecular weight is 527 g/mol. The van der Waals surface area contributed by atoms with Crippen LogP contribution in [0, 0.1) is 6.92 Å². The van der Waals surface area contributed by atoms with E-state index in [9.17, 15) is 31.1 Å². The van der Waals surface area contributed by atoms with Gasteiger partial charge >= 0.3 is 12.4 Å². The van der Waals surface area contributed by atoms with E-state index in [1.165, 1.54) is 24.5 Å². The van der Waals surface area contributed by atoms with Crippen molar-refractivity contribution in [3.63, 3.8) is 0 Å². The summed E-state index contributed by atoms with van der Waals surface area (Å²) in [6, 6.07) is 4.59. The van der Waals surface area contributed by atoms with Gasteiger partial charge in [-0.2, -0.15) is 31.6 Å². The lowest BCUT2D eigenvalue weighted by Gasteiger charge is -2.40. The van der Waals surface area contributed by atoms with E-state index in [1.54, 1.807) is 6.92 Å². The molecular formula is C22H19F6N7O2. The highest BCUT2D eigenvalue weighted by Crippen LogP contribution is 2.49. The summed E-state index contributed by atoms with van der Waals surface area (Å²) in [6.07, 6.45) is -8.66. The largest absolute Gasteiger partial charge is 0.494 e. The van der Waals surface area contributed by atoms with Gasteiger partial charge in [0.15, 0.2) is 11.4 Å². The fourth-order valence-electron chi connectivity index (χ4n) is 3.84. The molecule has 0 fully saturated rings. The number of nitrogens with zero attached hydrogens (tertiary/aromatic N) is 5. The third-order valence-corrected chi connectivity index (χ3v) is 5.62. The van der Waals surface area contributed by atoms with Gasteiger partial charge in [-0.05, 0) is 41.8 Å². The molecule has 2 aromatic heterocycles. The molecule has 0 radical (unpaired) electrons. The van der Waals surface area contributed by atoms with Crippen molar-refractivity contribution < 1.29 is 35.9 Å². The van der Waals surface area contributed by atoms with Crippen molar-refractivity contribution in [2.45, 2.75) is 44.1 Å². The SMILES string of the molecule is Cc1cnc(C2=C(c3nn[nH]n3)C(=O)N[C@@](c3ccc(OCCCC(F)(F)F)cc3)(C(F)(F)F)C2)nc1. The molecule has 1 aliphatic heterocycles. The molecule has 1 atom stereocenters. The predicted molar refractivity (Wildman–Crippen MR) is 115 cm³/mol. The molecule has 196 valence electrons. The number of carbonyl (C=O) groups excluding carboxylic acids is 1. The Hall–Kier alpha value is -4.04. The number of alkyl halides is 6. The number of aromatic amines is 1. The van der Waals surface area contributed by atoms with Gasteiger partial charge in [-0.25, -0.2) is 9.97 Å². The fourth-order valence-corrected chi connectivity index (χ4v) is 3.84. The fraction of sp³-hybridized carbons (Fsp3) is 0.364. The van der Waals surface area contributed by atoms with Crippen molar-refractivity contribution in [3.05, 3.63) is 59.4 Å². The molecule has 3 aromatic rings. The van der Waals surface area contributed by atoms with Crippen molar-refractivity contribution in [2.24, 2.45) is 0 Å². The van der Waals surface area contributed by atoms with Crippen LogP contribution in [0.15, 0.2) is 36.7 Å².